The maximum atomic E-state index is 9.60. The van der Waals surface area contributed by atoms with Crippen molar-refractivity contribution in [3.63, 3.8) is 0 Å². The van der Waals surface area contributed by atoms with Crippen molar-refractivity contribution in [1.82, 2.24) is 4.90 Å². The first-order valence-corrected chi connectivity index (χ1v) is 7.91. The van der Waals surface area contributed by atoms with E-state index in [0.717, 1.165) is 6.42 Å². The molecular weight excluding hydrogens is 238 g/mol. The van der Waals surface area contributed by atoms with Crippen LogP contribution >= 0.6 is 0 Å². The molecule has 3 heteroatoms. The molecule has 0 aliphatic carbocycles. The average molecular weight is 273 g/mol. The molecule has 0 bridgehead atoms. The highest BCUT2D eigenvalue weighted by Gasteiger charge is 1.92. The van der Waals surface area contributed by atoms with Gasteiger partial charge in [-0.15, -0.1) is 0 Å². The zero-order chi connectivity index (χ0) is 14.9. The smallest absolute Gasteiger partial charge is 0.303 e. The second-order valence-corrected chi connectivity index (χ2v) is 5.42. The SMILES string of the molecule is CCCC(=O)O.CCCCCCCCCCN(C)C. The Bertz CT molecular complexity index is 182. The molecule has 0 saturated heterocycles. The fourth-order valence-corrected chi connectivity index (χ4v) is 1.78. The molecule has 0 spiro atoms. The molecule has 19 heavy (non-hydrogen) atoms. The van der Waals surface area contributed by atoms with E-state index in [9.17, 15) is 4.79 Å². The Hall–Kier alpha value is -0.570. The van der Waals surface area contributed by atoms with E-state index < -0.39 is 5.97 Å². The maximum absolute atomic E-state index is 9.60. The summed E-state index contributed by atoms with van der Waals surface area (Å²) in [5.74, 6) is -0.711. The minimum Gasteiger partial charge on any atom is -0.481 e. The van der Waals surface area contributed by atoms with E-state index in [0.29, 0.717) is 6.42 Å². The van der Waals surface area contributed by atoms with Gasteiger partial charge in [0.1, 0.15) is 0 Å². The van der Waals surface area contributed by atoms with Gasteiger partial charge in [0.2, 0.25) is 0 Å². The summed E-state index contributed by atoms with van der Waals surface area (Å²) in [5.41, 5.74) is 0. The molecule has 0 aromatic heterocycles. The lowest BCUT2D eigenvalue weighted by atomic mass is 10.1. The summed E-state index contributed by atoms with van der Waals surface area (Å²) in [7, 11) is 4.31. The number of carbonyl (C=O) groups is 1. The van der Waals surface area contributed by atoms with Gasteiger partial charge in [0, 0.05) is 6.42 Å². The van der Waals surface area contributed by atoms with Crippen molar-refractivity contribution < 1.29 is 9.90 Å². The monoisotopic (exact) mass is 273 g/mol. The fourth-order valence-electron chi connectivity index (χ4n) is 1.78. The van der Waals surface area contributed by atoms with Gasteiger partial charge < -0.3 is 10.0 Å². The Morgan fingerprint density at radius 2 is 1.32 bits per heavy atom. The van der Waals surface area contributed by atoms with E-state index >= 15 is 0 Å². The molecule has 116 valence electrons. The third-order valence-electron chi connectivity index (χ3n) is 2.92. The number of unbranched alkanes of at least 4 members (excludes halogenated alkanes) is 7. The van der Waals surface area contributed by atoms with Crippen molar-refractivity contribution in [2.75, 3.05) is 20.6 Å². The second-order valence-electron chi connectivity index (χ2n) is 5.42. The Morgan fingerprint density at radius 1 is 0.842 bits per heavy atom. The Balaban J connectivity index is 0. The van der Waals surface area contributed by atoms with Crippen LogP contribution in [-0.2, 0) is 4.79 Å². The van der Waals surface area contributed by atoms with Crippen LogP contribution < -0.4 is 0 Å². The first kappa shape index (κ1) is 20.7. The molecule has 0 rings (SSSR count). The van der Waals surface area contributed by atoms with Gasteiger partial charge >= 0.3 is 5.97 Å². The van der Waals surface area contributed by atoms with E-state index in [2.05, 4.69) is 25.9 Å². The van der Waals surface area contributed by atoms with Gasteiger partial charge in [-0.3, -0.25) is 4.79 Å². The quantitative estimate of drug-likeness (QED) is 0.561. The number of carboxylic acids is 1. The van der Waals surface area contributed by atoms with Gasteiger partial charge in [0.05, 0.1) is 0 Å². The first-order chi connectivity index (χ1) is 9.04. The number of nitrogens with zero attached hydrogens (tertiary/aromatic N) is 1. The third-order valence-corrected chi connectivity index (χ3v) is 2.92. The molecule has 0 aliphatic rings. The molecule has 3 nitrogen and oxygen atoms in total. The van der Waals surface area contributed by atoms with Gasteiger partial charge in [0.25, 0.3) is 0 Å². The molecule has 0 aromatic rings. The van der Waals surface area contributed by atoms with Crippen LogP contribution in [0.4, 0.5) is 0 Å². The Kier molecular flexibility index (Phi) is 19.0. The minimum absolute atomic E-state index is 0.292. The zero-order valence-electron chi connectivity index (χ0n) is 13.6. The van der Waals surface area contributed by atoms with Crippen LogP contribution in [0.5, 0.6) is 0 Å². The highest BCUT2D eigenvalue weighted by Crippen LogP contribution is 2.08. The van der Waals surface area contributed by atoms with E-state index in [4.69, 9.17) is 5.11 Å². The molecule has 0 amide bonds. The number of hydrogen-bond donors (Lipinski definition) is 1. The second kappa shape index (κ2) is 17.4. The van der Waals surface area contributed by atoms with Crippen LogP contribution in [0.2, 0.25) is 0 Å². The number of carboxylic acid groups (broad SMARTS) is 1. The van der Waals surface area contributed by atoms with Crippen LogP contribution in [0.25, 0.3) is 0 Å². The normalized spacial score (nSPS) is 10.2. The lowest BCUT2D eigenvalue weighted by Crippen LogP contribution is -2.12. The molecule has 0 atom stereocenters. The lowest BCUT2D eigenvalue weighted by Gasteiger charge is -2.08. The van der Waals surface area contributed by atoms with Crippen molar-refractivity contribution >= 4 is 5.97 Å². The van der Waals surface area contributed by atoms with Crippen LogP contribution in [0, 0.1) is 0 Å². The molecule has 0 aromatic carbocycles. The number of rotatable bonds is 11. The molecule has 0 unspecified atom stereocenters. The average Bonchev–Trinajstić information content (AvgIpc) is 2.33. The summed E-state index contributed by atoms with van der Waals surface area (Å²) in [4.78, 5) is 11.9. The van der Waals surface area contributed by atoms with Crippen molar-refractivity contribution in [3.8, 4) is 0 Å². The van der Waals surface area contributed by atoms with Crippen molar-refractivity contribution in [3.05, 3.63) is 0 Å². The molecule has 1 N–H and O–H groups in total. The van der Waals surface area contributed by atoms with E-state index in [-0.39, 0.29) is 0 Å². The van der Waals surface area contributed by atoms with Crippen LogP contribution in [-0.4, -0.2) is 36.6 Å². The van der Waals surface area contributed by atoms with Crippen LogP contribution in [0.3, 0.4) is 0 Å². The first-order valence-electron chi connectivity index (χ1n) is 7.91. The van der Waals surface area contributed by atoms with E-state index in [1.54, 1.807) is 0 Å². The predicted octanol–water partition coefficient (Wildman–Crippen LogP) is 4.56. The largest absolute Gasteiger partial charge is 0.481 e. The summed E-state index contributed by atoms with van der Waals surface area (Å²) in [6.45, 7) is 5.38. The lowest BCUT2D eigenvalue weighted by molar-refractivity contribution is -0.137. The summed E-state index contributed by atoms with van der Waals surface area (Å²) >= 11 is 0. The van der Waals surface area contributed by atoms with Gasteiger partial charge in [0.15, 0.2) is 0 Å². The summed E-state index contributed by atoms with van der Waals surface area (Å²) in [5, 5.41) is 7.91. The van der Waals surface area contributed by atoms with Crippen LogP contribution in [0.15, 0.2) is 0 Å². The molecule has 0 radical (unpaired) electrons. The molecule has 0 saturated carbocycles. The van der Waals surface area contributed by atoms with E-state index in [1.165, 1.54) is 57.9 Å². The predicted molar refractivity (Wildman–Crippen MR) is 83.7 cm³/mol. The Labute approximate surface area is 120 Å². The highest BCUT2D eigenvalue weighted by molar-refractivity contribution is 5.66. The highest BCUT2D eigenvalue weighted by atomic mass is 16.4. The van der Waals surface area contributed by atoms with Gasteiger partial charge in [-0.1, -0.05) is 58.8 Å². The van der Waals surface area contributed by atoms with Crippen LogP contribution in [0.1, 0.15) is 78.1 Å². The molecular formula is C16H35NO2. The summed E-state index contributed by atoms with van der Waals surface area (Å²) < 4.78 is 0. The van der Waals surface area contributed by atoms with Gasteiger partial charge in [-0.2, -0.15) is 0 Å². The third kappa shape index (κ3) is 26.9. The van der Waals surface area contributed by atoms with Crippen molar-refractivity contribution in [1.29, 1.82) is 0 Å². The minimum atomic E-state index is -0.711. The molecule has 0 fully saturated rings. The molecule has 0 aliphatic heterocycles. The molecule has 0 heterocycles. The van der Waals surface area contributed by atoms with Gasteiger partial charge in [-0.25, -0.2) is 0 Å². The van der Waals surface area contributed by atoms with Gasteiger partial charge in [-0.05, 0) is 33.5 Å². The maximum Gasteiger partial charge on any atom is 0.303 e. The van der Waals surface area contributed by atoms with Crippen molar-refractivity contribution in [2.24, 2.45) is 0 Å². The Morgan fingerprint density at radius 3 is 1.63 bits per heavy atom. The van der Waals surface area contributed by atoms with Crippen molar-refractivity contribution in [2.45, 2.75) is 78.1 Å². The summed E-state index contributed by atoms with van der Waals surface area (Å²) in [6.07, 6.45) is 12.4. The van der Waals surface area contributed by atoms with E-state index in [1.807, 2.05) is 6.92 Å². The fraction of sp³-hybridized carbons (Fsp3) is 0.938. The topological polar surface area (TPSA) is 40.5 Å². The zero-order valence-corrected chi connectivity index (χ0v) is 13.6. The number of hydrogen-bond acceptors (Lipinski definition) is 2. The standard InChI is InChI=1S/C12H27N.C4H8O2/c1-4-5-6-7-8-9-10-11-12-13(2)3;1-2-3-4(5)6/h4-12H2,1-3H3;2-3H2,1H3,(H,5,6). The number of aliphatic carboxylic acids is 1. The summed E-state index contributed by atoms with van der Waals surface area (Å²) in [6, 6.07) is 0.